The van der Waals surface area contributed by atoms with Crippen LogP contribution in [0.2, 0.25) is 0 Å². The third-order valence-corrected chi connectivity index (χ3v) is 4.24. The average Bonchev–Trinajstić information content (AvgIpc) is 2.77. The van der Waals surface area contributed by atoms with Crippen LogP contribution in [0.4, 0.5) is 4.79 Å². The second-order valence-corrected chi connectivity index (χ2v) is 7.58. The summed E-state index contributed by atoms with van der Waals surface area (Å²) in [4.78, 5) is 28.8. The molecule has 0 aliphatic heterocycles. The van der Waals surface area contributed by atoms with Gasteiger partial charge in [-0.15, -0.1) is 0 Å². The molecule has 0 bridgehead atoms. The first-order chi connectivity index (χ1) is 11.8. The van der Waals surface area contributed by atoms with E-state index in [1.54, 1.807) is 12.4 Å². The van der Waals surface area contributed by atoms with Gasteiger partial charge in [-0.25, -0.2) is 4.79 Å². The summed E-state index contributed by atoms with van der Waals surface area (Å²) in [5, 5.41) is 5.89. The van der Waals surface area contributed by atoms with Crippen LogP contribution >= 0.6 is 0 Å². The molecule has 2 rings (SSSR count). The zero-order valence-electron chi connectivity index (χ0n) is 15.4. The highest BCUT2D eigenvalue weighted by Crippen LogP contribution is 2.24. The van der Waals surface area contributed by atoms with Gasteiger partial charge in [0.15, 0.2) is 0 Å². The van der Waals surface area contributed by atoms with Crippen molar-refractivity contribution in [2.45, 2.75) is 71.1 Å². The van der Waals surface area contributed by atoms with Gasteiger partial charge in [0.05, 0.1) is 5.92 Å². The number of nitrogens with zero attached hydrogens (tertiary/aromatic N) is 1. The fourth-order valence-electron chi connectivity index (χ4n) is 3.08. The number of carbonyl (C=O) groups excluding carboxylic acids is 2. The van der Waals surface area contributed by atoms with Gasteiger partial charge in [0.1, 0.15) is 5.60 Å². The van der Waals surface area contributed by atoms with E-state index in [4.69, 9.17) is 4.74 Å². The molecule has 1 fully saturated rings. The second kappa shape index (κ2) is 8.83. The monoisotopic (exact) mass is 347 g/mol. The maximum atomic E-state index is 12.7. The number of hydrogen-bond acceptors (Lipinski definition) is 4. The van der Waals surface area contributed by atoms with E-state index in [1.165, 1.54) is 0 Å². The minimum absolute atomic E-state index is 0.0215. The summed E-state index contributed by atoms with van der Waals surface area (Å²) < 4.78 is 5.35. The lowest BCUT2D eigenvalue weighted by atomic mass is 9.93. The number of amides is 2. The smallest absolute Gasteiger partial charge is 0.407 e. The Balaban J connectivity index is 1.96. The van der Waals surface area contributed by atoms with Gasteiger partial charge in [0.2, 0.25) is 5.91 Å². The molecule has 2 atom stereocenters. The standard InChI is InChI=1S/C19H29N3O3/c1-19(2,3)25-18(24)22-16-10-6-4-5-9-15(16)17(23)21-13-14-8-7-11-20-12-14/h7-8,11-12,15-16H,4-6,9-10,13H2,1-3H3,(H,21,23)(H,22,24)/t15-,16+/m0/s1. The molecule has 0 spiro atoms. The Morgan fingerprint density at radius 3 is 2.68 bits per heavy atom. The van der Waals surface area contributed by atoms with Crippen LogP contribution in [0.25, 0.3) is 0 Å². The van der Waals surface area contributed by atoms with Crippen LogP contribution < -0.4 is 10.6 Å². The second-order valence-electron chi connectivity index (χ2n) is 7.58. The Bertz CT molecular complexity index is 569. The lowest BCUT2D eigenvalue weighted by molar-refractivity contribution is -0.126. The largest absolute Gasteiger partial charge is 0.444 e. The van der Waals surface area contributed by atoms with E-state index in [0.29, 0.717) is 6.54 Å². The molecule has 1 saturated carbocycles. The minimum Gasteiger partial charge on any atom is -0.444 e. The lowest BCUT2D eigenvalue weighted by Crippen LogP contribution is -2.47. The fraction of sp³-hybridized carbons (Fsp3) is 0.632. The highest BCUT2D eigenvalue weighted by molar-refractivity contribution is 5.80. The van der Waals surface area contributed by atoms with Crippen LogP contribution in [0.5, 0.6) is 0 Å². The van der Waals surface area contributed by atoms with Crippen molar-refractivity contribution < 1.29 is 14.3 Å². The van der Waals surface area contributed by atoms with Gasteiger partial charge in [0, 0.05) is 25.0 Å². The Hall–Kier alpha value is -2.11. The number of rotatable bonds is 4. The molecule has 1 aliphatic rings. The summed E-state index contributed by atoms with van der Waals surface area (Å²) in [7, 11) is 0. The third kappa shape index (κ3) is 6.72. The first kappa shape index (κ1) is 19.2. The van der Waals surface area contributed by atoms with E-state index in [1.807, 2.05) is 32.9 Å². The van der Waals surface area contributed by atoms with Crippen molar-refractivity contribution in [1.29, 1.82) is 0 Å². The first-order valence-electron chi connectivity index (χ1n) is 9.01. The number of aromatic nitrogens is 1. The lowest BCUT2D eigenvalue weighted by Gasteiger charge is -2.27. The Labute approximate surface area is 149 Å². The van der Waals surface area contributed by atoms with Gasteiger partial charge in [0.25, 0.3) is 0 Å². The molecule has 1 heterocycles. The topological polar surface area (TPSA) is 80.3 Å². The maximum Gasteiger partial charge on any atom is 0.407 e. The third-order valence-electron chi connectivity index (χ3n) is 4.24. The number of nitrogens with one attached hydrogen (secondary N) is 2. The number of hydrogen-bond donors (Lipinski definition) is 2. The minimum atomic E-state index is -0.549. The van der Waals surface area contributed by atoms with Crippen LogP contribution in [0, 0.1) is 5.92 Å². The van der Waals surface area contributed by atoms with E-state index in [0.717, 1.165) is 37.7 Å². The molecule has 0 saturated heterocycles. The molecule has 1 aromatic rings. The molecule has 0 radical (unpaired) electrons. The maximum absolute atomic E-state index is 12.7. The molecule has 0 aromatic carbocycles. The summed E-state index contributed by atoms with van der Waals surface area (Å²) in [6.07, 6.45) is 7.65. The summed E-state index contributed by atoms with van der Waals surface area (Å²) >= 11 is 0. The van der Waals surface area contributed by atoms with E-state index in [9.17, 15) is 9.59 Å². The molecule has 25 heavy (non-hydrogen) atoms. The quantitative estimate of drug-likeness (QED) is 0.820. The van der Waals surface area contributed by atoms with Gasteiger partial charge in [-0.1, -0.05) is 25.3 Å². The zero-order chi connectivity index (χ0) is 18.3. The van der Waals surface area contributed by atoms with Crippen molar-refractivity contribution in [3.8, 4) is 0 Å². The summed E-state index contributed by atoms with van der Waals surface area (Å²) in [6, 6.07) is 3.59. The summed E-state index contributed by atoms with van der Waals surface area (Å²) in [6.45, 7) is 5.94. The van der Waals surface area contributed by atoms with E-state index in [-0.39, 0.29) is 17.9 Å². The van der Waals surface area contributed by atoms with Crippen molar-refractivity contribution in [2.75, 3.05) is 0 Å². The highest BCUT2D eigenvalue weighted by Gasteiger charge is 2.31. The number of alkyl carbamates (subject to hydrolysis) is 1. The van der Waals surface area contributed by atoms with Crippen molar-refractivity contribution in [2.24, 2.45) is 5.92 Å². The van der Waals surface area contributed by atoms with Crippen LogP contribution in [-0.2, 0) is 16.1 Å². The van der Waals surface area contributed by atoms with Gasteiger partial charge >= 0.3 is 6.09 Å². The van der Waals surface area contributed by atoms with Gasteiger partial charge in [-0.05, 0) is 45.2 Å². The summed E-state index contributed by atoms with van der Waals surface area (Å²) in [5.41, 5.74) is 0.411. The Kier molecular flexibility index (Phi) is 6.79. The van der Waals surface area contributed by atoms with Gasteiger partial charge < -0.3 is 15.4 Å². The zero-order valence-corrected chi connectivity index (χ0v) is 15.4. The summed E-state index contributed by atoms with van der Waals surface area (Å²) in [5.74, 6) is -0.251. The molecule has 1 aromatic heterocycles. The van der Waals surface area contributed by atoms with E-state index < -0.39 is 11.7 Å². The molecule has 0 unspecified atom stereocenters. The molecule has 2 N–H and O–H groups in total. The van der Waals surface area contributed by atoms with E-state index >= 15 is 0 Å². The van der Waals surface area contributed by atoms with Crippen molar-refractivity contribution in [1.82, 2.24) is 15.6 Å². The van der Waals surface area contributed by atoms with Gasteiger partial charge in [-0.3, -0.25) is 9.78 Å². The molecular weight excluding hydrogens is 318 g/mol. The molecule has 6 heteroatoms. The number of carbonyl (C=O) groups is 2. The molecule has 2 amide bonds. The molecule has 138 valence electrons. The molecular formula is C19H29N3O3. The van der Waals surface area contributed by atoms with Crippen molar-refractivity contribution >= 4 is 12.0 Å². The van der Waals surface area contributed by atoms with Crippen LogP contribution in [0.15, 0.2) is 24.5 Å². The Morgan fingerprint density at radius 2 is 2.00 bits per heavy atom. The normalized spacial score (nSPS) is 21.1. The number of pyridine rings is 1. The SMILES string of the molecule is CC(C)(C)OC(=O)N[C@@H]1CCCCC[C@@H]1C(=O)NCc1cccnc1. The fourth-order valence-corrected chi connectivity index (χ4v) is 3.08. The van der Waals surface area contributed by atoms with Crippen molar-refractivity contribution in [3.05, 3.63) is 30.1 Å². The van der Waals surface area contributed by atoms with Crippen LogP contribution in [0.1, 0.15) is 58.4 Å². The van der Waals surface area contributed by atoms with Crippen LogP contribution in [0.3, 0.4) is 0 Å². The number of ether oxygens (including phenoxy) is 1. The Morgan fingerprint density at radius 1 is 1.24 bits per heavy atom. The van der Waals surface area contributed by atoms with E-state index in [2.05, 4.69) is 15.6 Å². The predicted octanol–water partition coefficient (Wildman–Crippen LogP) is 3.17. The average molecular weight is 347 g/mol. The van der Waals surface area contributed by atoms with Crippen LogP contribution in [-0.4, -0.2) is 28.6 Å². The first-order valence-corrected chi connectivity index (χ1v) is 9.01. The molecule has 1 aliphatic carbocycles. The molecule has 6 nitrogen and oxygen atoms in total. The van der Waals surface area contributed by atoms with Gasteiger partial charge in [-0.2, -0.15) is 0 Å². The predicted molar refractivity (Wildman–Crippen MR) is 95.8 cm³/mol. The highest BCUT2D eigenvalue weighted by atomic mass is 16.6. The van der Waals surface area contributed by atoms with Crippen molar-refractivity contribution in [3.63, 3.8) is 0 Å².